The van der Waals surface area contributed by atoms with Crippen molar-refractivity contribution in [3.05, 3.63) is 24.0 Å². The lowest BCUT2D eigenvalue weighted by molar-refractivity contribution is -0.140. The SMILES string of the molecule is CCOC(=O)CNc1cc(OC)ccc1F. The number of hydrogen-bond donors (Lipinski definition) is 1. The van der Waals surface area contributed by atoms with Crippen LogP contribution in [0.15, 0.2) is 18.2 Å². The predicted octanol–water partition coefficient (Wildman–Crippen LogP) is 1.81. The van der Waals surface area contributed by atoms with Gasteiger partial charge < -0.3 is 14.8 Å². The molecule has 4 nitrogen and oxygen atoms in total. The molecule has 0 heterocycles. The molecule has 16 heavy (non-hydrogen) atoms. The molecule has 0 aromatic heterocycles. The van der Waals surface area contributed by atoms with Crippen LogP contribution in [-0.4, -0.2) is 26.2 Å². The maximum atomic E-state index is 13.3. The summed E-state index contributed by atoms with van der Waals surface area (Å²) in [4.78, 5) is 11.0. The second-order valence-corrected chi connectivity index (χ2v) is 3.00. The summed E-state index contributed by atoms with van der Waals surface area (Å²) in [6.07, 6.45) is 0. The van der Waals surface area contributed by atoms with E-state index in [0.29, 0.717) is 12.4 Å². The number of carbonyl (C=O) groups is 1. The van der Waals surface area contributed by atoms with E-state index in [9.17, 15) is 9.18 Å². The summed E-state index contributed by atoms with van der Waals surface area (Å²) in [6.45, 7) is 1.95. The van der Waals surface area contributed by atoms with Crippen molar-refractivity contribution in [2.75, 3.05) is 25.6 Å². The lowest BCUT2D eigenvalue weighted by Crippen LogP contribution is -2.17. The highest BCUT2D eigenvalue weighted by Gasteiger charge is 2.06. The molecule has 1 aromatic carbocycles. The minimum atomic E-state index is -0.440. The molecule has 0 spiro atoms. The standard InChI is InChI=1S/C11H14FNO3/c1-3-16-11(14)7-13-10-6-8(15-2)4-5-9(10)12/h4-6,13H,3,7H2,1-2H3. The van der Waals surface area contributed by atoms with Crippen LogP contribution >= 0.6 is 0 Å². The fraction of sp³-hybridized carbons (Fsp3) is 0.364. The van der Waals surface area contributed by atoms with Gasteiger partial charge in [0, 0.05) is 6.07 Å². The van der Waals surface area contributed by atoms with E-state index in [1.54, 1.807) is 6.92 Å². The van der Waals surface area contributed by atoms with Gasteiger partial charge in [-0.3, -0.25) is 4.79 Å². The fourth-order valence-electron chi connectivity index (χ4n) is 1.15. The third-order valence-corrected chi connectivity index (χ3v) is 1.90. The van der Waals surface area contributed by atoms with Gasteiger partial charge in [0.25, 0.3) is 0 Å². The second-order valence-electron chi connectivity index (χ2n) is 3.00. The van der Waals surface area contributed by atoms with Crippen molar-refractivity contribution >= 4 is 11.7 Å². The van der Waals surface area contributed by atoms with Crippen molar-refractivity contribution < 1.29 is 18.7 Å². The summed E-state index contributed by atoms with van der Waals surface area (Å²) < 4.78 is 22.9. The third-order valence-electron chi connectivity index (χ3n) is 1.90. The molecular weight excluding hydrogens is 213 g/mol. The first-order valence-corrected chi connectivity index (χ1v) is 4.90. The Balaban J connectivity index is 2.62. The summed E-state index contributed by atoms with van der Waals surface area (Å²) in [5.74, 6) is -0.345. The van der Waals surface area contributed by atoms with Gasteiger partial charge in [-0.15, -0.1) is 0 Å². The van der Waals surface area contributed by atoms with Crippen LogP contribution in [0.1, 0.15) is 6.92 Å². The quantitative estimate of drug-likeness (QED) is 0.779. The number of nitrogens with one attached hydrogen (secondary N) is 1. The molecule has 0 aliphatic rings. The molecular formula is C11H14FNO3. The Kier molecular flexibility index (Phi) is 4.57. The van der Waals surface area contributed by atoms with Gasteiger partial charge in [0.2, 0.25) is 0 Å². The smallest absolute Gasteiger partial charge is 0.325 e. The van der Waals surface area contributed by atoms with Gasteiger partial charge >= 0.3 is 5.97 Å². The Hall–Kier alpha value is -1.78. The lowest BCUT2D eigenvalue weighted by Gasteiger charge is -2.08. The van der Waals surface area contributed by atoms with Crippen molar-refractivity contribution in [3.8, 4) is 5.75 Å². The molecule has 5 heteroatoms. The molecule has 1 aromatic rings. The van der Waals surface area contributed by atoms with Gasteiger partial charge in [-0.2, -0.15) is 0 Å². The molecule has 0 saturated heterocycles. The number of carbonyl (C=O) groups excluding carboxylic acids is 1. The monoisotopic (exact) mass is 227 g/mol. The highest BCUT2D eigenvalue weighted by atomic mass is 19.1. The van der Waals surface area contributed by atoms with Gasteiger partial charge in [-0.25, -0.2) is 4.39 Å². The van der Waals surface area contributed by atoms with Crippen molar-refractivity contribution in [1.29, 1.82) is 0 Å². The molecule has 0 amide bonds. The number of methoxy groups -OCH3 is 1. The van der Waals surface area contributed by atoms with Crippen LogP contribution in [0, 0.1) is 5.82 Å². The minimum Gasteiger partial charge on any atom is -0.497 e. The lowest BCUT2D eigenvalue weighted by atomic mass is 10.3. The Morgan fingerprint density at radius 1 is 1.50 bits per heavy atom. The van der Waals surface area contributed by atoms with Crippen LogP contribution in [-0.2, 0) is 9.53 Å². The van der Waals surface area contributed by atoms with Gasteiger partial charge in [-0.1, -0.05) is 0 Å². The number of halogens is 1. The molecule has 0 fully saturated rings. The molecule has 0 atom stereocenters. The Morgan fingerprint density at radius 2 is 2.25 bits per heavy atom. The summed E-state index contributed by atoms with van der Waals surface area (Å²) in [5, 5.41) is 2.64. The molecule has 0 radical (unpaired) electrons. The third kappa shape index (κ3) is 3.42. The Labute approximate surface area is 93.4 Å². The van der Waals surface area contributed by atoms with E-state index >= 15 is 0 Å². The zero-order chi connectivity index (χ0) is 12.0. The topological polar surface area (TPSA) is 47.6 Å². The number of esters is 1. The van der Waals surface area contributed by atoms with Crippen LogP contribution in [0.3, 0.4) is 0 Å². The van der Waals surface area contributed by atoms with Crippen molar-refractivity contribution in [2.45, 2.75) is 6.92 Å². The van der Waals surface area contributed by atoms with E-state index in [-0.39, 0.29) is 12.2 Å². The molecule has 1 N–H and O–H groups in total. The van der Waals surface area contributed by atoms with E-state index < -0.39 is 11.8 Å². The van der Waals surface area contributed by atoms with E-state index in [4.69, 9.17) is 9.47 Å². The van der Waals surface area contributed by atoms with Crippen molar-refractivity contribution in [2.24, 2.45) is 0 Å². The fourth-order valence-corrected chi connectivity index (χ4v) is 1.15. The van der Waals surface area contributed by atoms with E-state index in [2.05, 4.69) is 5.32 Å². The highest BCUT2D eigenvalue weighted by Crippen LogP contribution is 2.20. The van der Waals surface area contributed by atoms with Gasteiger partial charge in [0.1, 0.15) is 18.1 Å². The number of hydrogen-bond acceptors (Lipinski definition) is 4. The first-order chi connectivity index (χ1) is 7.67. The van der Waals surface area contributed by atoms with Gasteiger partial charge in [-0.05, 0) is 19.1 Å². The van der Waals surface area contributed by atoms with Gasteiger partial charge in [0.15, 0.2) is 0 Å². The number of ether oxygens (including phenoxy) is 2. The molecule has 0 unspecified atom stereocenters. The normalized spacial score (nSPS) is 9.69. The van der Waals surface area contributed by atoms with Crippen LogP contribution in [0.2, 0.25) is 0 Å². The first-order valence-electron chi connectivity index (χ1n) is 4.90. The van der Waals surface area contributed by atoms with Crippen molar-refractivity contribution in [1.82, 2.24) is 0 Å². The molecule has 0 bridgehead atoms. The van der Waals surface area contributed by atoms with E-state index in [1.165, 1.54) is 25.3 Å². The van der Waals surface area contributed by atoms with Crippen LogP contribution in [0.4, 0.5) is 10.1 Å². The summed E-state index contributed by atoms with van der Waals surface area (Å²) in [7, 11) is 1.49. The largest absolute Gasteiger partial charge is 0.497 e. The first kappa shape index (κ1) is 12.3. The number of rotatable bonds is 5. The summed E-state index contributed by atoms with van der Waals surface area (Å²) in [6, 6.07) is 4.26. The predicted molar refractivity (Wildman–Crippen MR) is 58.1 cm³/mol. The maximum absolute atomic E-state index is 13.3. The zero-order valence-electron chi connectivity index (χ0n) is 9.25. The molecule has 0 saturated carbocycles. The minimum absolute atomic E-state index is 0.0715. The van der Waals surface area contributed by atoms with Crippen LogP contribution in [0.25, 0.3) is 0 Å². The Morgan fingerprint density at radius 3 is 2.88 bits per heavy atom. The highest BCUT2D eigenvalue weighted by molar-refractivity contribution is 5.75. The van der Waals surface area contributed by atoms with E-state index in [0.717, 1.165) is 0 Å². The maximum Gasteiger partial charge on any atom is 0.325 e. The average molecular weight is 227 g/mol. The summed E-state index contributed by atoms with van der Waals surface area (Å²) >= 11 is 0. The number of anilines is 1. The van der Waals surface area contributed by atoms with E-state index in [1.807, 2.05) is 0 Å². The van der Waals surface area contributed by atoms with Crippen LogP contribution < -0.4 is 10.1 Å². The van der Waals surface area contributed by atoms with Gasteiger partial charge in [0.05, 0.1) is 19.4 Å². The number of benzene rings is 1. The molecule has 88 valence electrons. The Bertz CT molecular complexity index is 368. The van der Waals surface area contributed by atoms with Crippen molar-refractivity contribution in [3.63, 3.8) is 0 Å². The summed E-state index contributed by atoms with van der Waals surface area (Å²) in [5.41, 5.74) is 0.215. The van der Waals surface area contributed by atoms with Crippen LogP contribution in [0.5, 0.6) is 5.75 Å². The molecule has 1 rings (SSSR count). The second kappa shape index (κ2) is 5.95. The molecule has 0 aliphatic carbocycles. The average Bonchev–Trinajstić information content (AvgIpc) is 2.28. The zero-order valence-corrected chi connectivity index (χ0v) is 9.25. The molecule has 0 aliphatic heterocycles.